The Morgan fingerprint density at radius 2 is 1.76 bits per heavy atom. The van der Waals surface area contributed by atoms with Gasteiger partial charge in [0.2, 0.25) is 0 Å². The van der Waals surface area contributed by atoms with E-state index in [1.807, 2.05) is 31.2 Å². The van der Waals surface area contributed by atoms with Crippen molar-refractivity contribution in [3.8, 4) is 11.1 Å². The number of fused-ring (bicyclic) bond motifs is 1. The zero-order valence-electron chi connectivity index (χ0n) is 18.5. The summed E-state index contributed by atoms with van der Waals surface area (Å²) in [5.74, 6) is -2.52. The van der Waals surface area contributed by atoms with E-state index in [4.69, 9.17) is 0 Å². The number of carboxylic acid groups (broad SMARTS) is 1. The molecule has 2 atom stereocenters. The lowest BCUT2D eigenvalue weighted by Crippen LogP contribution is -2.25. The highest BCUT2D eigenvalue weighted by atomic mass is 32.1. The van der Waals surface area contributed by atoms with Crippen LogP contribution in [-0.4, -0.2) is 21.8 Å². The number of aliphatic carboxylic acids is 1. The number of anilines is 2. The van der Waals surface area contributed by atoms with E-state index in [-0.39, 0.29) is 5.78 Å². The Labute approximate surface area is 200 Å². The number of halogens is 1. The average molecular weight is 475 g/mol. The molecule has 0 aliphatic heterocycles. The molecule has 5 nitrogen and oxygen atoms in total. The van der Waals surface area contributed by atoms with Gasteiger partial charge >= 0.3 is 5.97 Å². The summed E-state index contributed by atoms with van der Waals surface area (Å²) in [6.45, 7) is 2.00. The van der Waals surface area contributed by atoms with E-state index in [2.05, 4.69) is 10.3 Å². The molecule has 1 aliphatic carbocycles. The van der Waals surface area contributed by atoms with Crippen LogP contribution in [0.5, 0.6) is 0 Å². The van der Waals surface area contributed by atoms with Gasteiger partial charge in [0.15, 0.2) is 10.9 Å². The first-order valence-corrected chi connectivity index (χ1v) is 12.0. The smallest absolute Gasteiger partial charge is 0.307 e. The van der Waals surface area contributed by atoms with Crippen molar-refractivity contribution in [2.45, 2.75) is 26.2 Å². The second-order valence-electron chi connectivity index (χ2n) is 8.68. The van der Waals surface area contributed by atoms with E-state index >= 15 is 0 Å². The molecule has 7 heteroatoms. The summed E-state index contributed by atoms with van der Waals surface area (Å²) in [4.78, 5) is 28.8. The average Bonchev–Trinajstić information content (AvgIpc) is 3.48. The quantitative estimate of drug-likeness (QED) is 0.299. The van der Waals surface area contributed by atoms with Gasteiger partial charge in [0, 0.05) is 11.5 Å². The Hall–Kier alpha value is -3.58. The van der Waals surface area contributed by atoms with Crippen molar-refractivity contribution in [2.24, 2.45) is 11.8 Å². The summed E-state index contributed by atoms with van der Waals surface area (Å²) in [6, 6.07) is 17.9. The highest BCUT2D eigenvalue weighted by molar-refractivity contribution is 7.22. The van der Waals surface area contributed by atoms with E-state index < -0.39 is 23.6 Å². The molecule has 1 aromatic heterocycles. The molecule has 1 aliphatic rings. The molecule has 1 saturated carbocycles. The van der Waals surface area contributed by atoms with Crippen LogP contribution in [0.1, 0.15) is 35.2 Å². The van der Waals surface area contributed by atoms with Crippen LogP contribution in [0.3, 0.4) is 0 Å². The lowest BCUT2D eigenvalue weighted by molar-refractivity contribution is -0.142. The number of ketones is 1. The van der Waals surface area contributed by atoms with Crippen molar-refractivity contribution in [3.63, 3.8) is 0 Å². The van der Waals surface area contributed by atoms with Crippen LogP contribution in [0, 0.1) is 24.6 Å². The summed E-state index contributed by atoms with van der Waals surface area (Å²) in [5, 5.41) is 13.1. The Bertz CT molecular complexity index is 1400. The van der Waals surface area contributed by atoms with Crippen LogP contribution in [0.4, 0.5) is 15.2 Å². The monoisotopic (exact) mass is 474 g/mol. The van der Waals surface area contributed by atoms with Gasteiger partial charge < -0.3 is 10.4 Å². The molecule has 2 N–H and O–H groups in total. The van der Waals surface area contributed by atoms with Crippen molar-refractivity contribution < 1.29 is 19.1 Å². The summed E-state index contributed by atoms with van der Waals surface area (Å²) in [5.41, 5.74) is 4.28. The van der Waals surface area contributed by atoms with Crippen molar-refractivity contribution in [2.75, 3.05) is 5.32 Å². The Balaban J connectivity index is 1.33. The predicted octanol–water partition coefficient (Wildman–Crippen LogP) is 6.84. The first-order chi connectivity index (χ1) is 16.4. The Morgan fingerprint density at radius 3 is 2.47 bits per heavy atom. The maximum atomic E-state index is 14.9. The molecule has 0 spiro atoms. The second kappa shape index (κ2) is 8.99. The largest absolute Gasteiger partial charge is 0.481 e. The van der Waals surface area contributed by atoms with Crippen LogP contribution in [-0.2, 0) is 4.79 Å². The van der Waals surface area contributed by atoms with Crippen molar-refractivity contribution in [1.82, 2.24) is 4.98 Å². The van der Waals surface area contributed by atoms with Crippen LogP contribution < -0.4 is 5.32 Å². The van der Waals surface area contributed by atoms with E-state index in [0.717, 1.165) is 27.8 Å². The molecule has 5 rings (SSSR count). The normalized spacial score (nSPS) is 17.7. The highest BCUT2D eigenvalue weighted by Crippen LogP contribution is 2.35. The lowest BCUT2D eigenvalue weighted by Gasteiger charge is -2.15. The maximum absolute atomic E-state index is 14.9. The zero-order chi connectivity index (χ0) is 23.8. The van der Waals surface area contributed by atoms with Gasteiger partial charge in [-0.05, 0) is 54.7 Å². The number of carbonyl (C=O) groups is 2. The third kappa shape index (κ3) is 4.19. The third-order valence-corrected chi connectivity index (χ3v) is 7.44. The summed E-state index contributed by atoms with van der Waals surface area (Å²) in [7, 11) is 0. The fourth-order valence-corrected chi connectivity index (χ4v) is 5.62. The highest BCUT2D eigenvalue weighted by Gasteiger charge is 2.37. The van der Waals surface area contributed by atoms with Crippen LogP contribution >= 0.6 is 11.3 Å². The molecule has 0 amide bonds. The van der Waals surface area contributed by atoms with Crippen LogP contribution in [0.2, 0.25) is 0 Å². The predicted molar refractivity (Wildman–Crippen MR) is 132 cm³/mol. The van der Waals surface area contributed by atoms with Crippen molar-refractivity contribution >= 4 is 44.1 Å². The number of hydrogen-bond acceptors (Lipinski definition) is 5. The lowest BCUT2D eigenvalue weighted by atomic mass is 9.88. The first kappa shape index (κ1) is 22.2. The molecular weight excluding hydrogens is 451 g/mol. The third-order valence-electron chi connectivity index (χ3n) is 6.50. The first-order valence-electron chi connectivity index (χ1n) is 11.2. The Kier molecular flexibility index (Phi) is 5.87. The second-order valence-corrected chi connectivity index (χ2v) is 9.71. The number of carboxylic acids is 1. The number of thiazole rings is 1. The fraction of sp³-hybridized carbons (Fsp3) is 0.222. The van der Waals surface area contributed by atoms with E-state index in [9.17, 15) is 19.1 Å². The van der Waals surface area contributed by atoms with E-state index in [0.29, 0.717) is 34.8 Å². The number of aromatic nitrogens is 1. The molecule has 1 unspecified atom stereocenters. The number of nitrogens with one attached hydrogen (secondary N) is 1. The van der Waals surface area contributed by atoms with E-state index in [1.54, 1.807) is 30.3 Å². The molecule has 1 heterocycles. The summed E-state index contributed by atoms with van der Waals surface area (Å²) >= 11 is 1.47. The van der Waals surface area contributed by atoms with Gasteiger partial charge in [-0.15, -0.1) is 0 Å². The standard InChI is InChI=1S/C27H23FN2O3S/c1-15-4-2-7-23-24(15)30-27(34-23)29-22-13-12-18(14-21(22)28)16-8-10-17(11-9-16)25(31)19-5-3-6-20(19)26(32)33/h2,4,7-14,19-20H,3,5-6H2,1H3,(H,29,30)(H,32,33)/t19?,20-/m1/s1. The van der Waals surface area contributed by atoms with Crippen molar-refractivity contribution in [3.05, 3.63) is 77.6 Å². The van der Waals surface area contributed by atoms with Crippen molar-refractivity contribution in [1.29, 1.82) is 0 Å². The zero-order valence-corrected chi connectivity index (χ0v) is 19.4. The molecule has 0 saturated heterocycles. The Morgan fingerprint density at radius 1 is 1.03 bits per heavy atom. The van der Waals surface area contributed by atoms with Gasteiger partial charge in [0.25, 0.3) is 0 Å². The number of hydrogen-bond donors (Lipinski definition) is 2. The number of Topliss-reactive ketones (excluding diaryl/α,β-unsaturated/α-hetero) is 1. The topological polar surface area (TPSA) is 79.3 Å². The minimum Gasteiger partial charge on any atom is -0.481 e. The molecule has 0 bridgehead atoms. The number of nitrogens with zero attached hydrogens (tertiary/aromatic N) is 1. The SMILES string of the molecule is Cc1cccc2sc(Nc3ccc(-c4ccc(C(=O)C5CCC[C@H]5C(=O)O)cc4)cc3F)nc12. The maximum Gasteiger partial charge on any atom is 0.307 e. The molecule has 1 fully saturated rings. The van der Waals surface area contributed by atoms with Gasteiger partial charge in [0.1, 0.15) is 5.82 Å². The van der Waals surface area contributed by atoms with Gasteiger partial charge in [-0.2, -0.15) is 0 Å². The van der Waals surface area contributed by atoms with Gasteiger partial charge in [-0.3, -0.25) is 9.59 Å². The molecule has 34 heavy (non-hydrogen) atoms. The number of benzene rings is 3. The number of para-hydroxylation sites is 1. The molecular formula is C27H23FN2O3S. The van der Waals surface area contributed by atoms with E-state index in [1.165, 1.54) is 17.4 Å². The van der Waals surface area contributed by atoms with Gasteiger partial charge in [-0.25, -0.2) is 9.37 Å². The number of aryl methyl sites for hydroxylation is 1. The van der Waals surface area contributed by atoms with Crippen LogP contribution in [0.15, 0.2) is 60.7 Å². The summed E-state index contributed by atoms with van der Waals surface area (Å²) < 4.78 is 15.9. The fourth-order valence-electron chi connectivity index (χ4n) is 4.66. The minimum atomic E-state index is -0.905. The summed E-state index contributed by atoms with van der Waals surface area (Å²) in [6.07, 6.45) is 1.90. The van der Waals surface area contributed by atoms with Crippen LogP contribution in [0.25, 0.3) is 21.3 Å². The molecule has 3 aromatic carbocycles. The molecule has 0 radical (unpaired) electrons. The van der Waals surface area contributed by atoms with Gasteiger partial charge in [0.05, 0.1) is 21.8 Å². The van der Waals surface area contributed by atoms with Gasteiger partial charge in [-0.1, -0.05) is 60.2 Å². The molecule has 172 valence electrons. The minimum absolute atomic E-state index is 0.131. The molecule has 4 aromatic rings. The number of rotatable bonds is 6. The number of carbonyl (C=O) groups excluding carboxylic acids is 1.